The van der Waals surface area contributed by atoms with Gasteiger partial charge in [-0.15, -0.1) is 0 Å². The minimum Gasteiger partial charge on any atom is -0.484 e. The largest absolute Gasteiger partial charge is 0.484 e. The van der Waals surface area contributed by atoms with Gasteiger partial charge in [0.25, 0.3) is 0 Å². The van der Waals surface area contributed by atoms with Crippen LogP contribution in [0.1, 0.15) is 51.8 Å². The van der Waals surface area contributed by atoms with E-state index in [1.54, 1.807) is 17.9 Å². The molecule has 1 amide bonds. The monoisotopic (exact) mass is 521 g/mol. The summed E-state index contributed by atoms with van der Waals surface area (Å²) in [5.74, 6) is 0.0988. The van der Waals surface area contributed by atoms with Crippen molar-refractivity contribution < 1.29 is 27.1 Å². The molecule has 2 N–H and O–H groups in total. The quantitative estimate of drug-likeness (QED) is 0.610. The molecule has 0 aromatic heterocycles. The van der Waals surface area contributed by atoms with E-state index in [2.05, 4.69) is 4.90 Å². The summed E-state index contributed by atoms with van der Waals surface area (Å²) in [6.07, 6.45) is -0.897. The molecule has 0 aliphatic carbocycles. The van der Waals surface area contributed by atoms with Crippen molar-refractivity contribution in [1.29, 1.82) is 0 Å². The molecule has 1 saturated heterocycles. The van der Waals surface area contributed by atoms with E-state index in [1.165, 1.54) is 30.3 Å². The molecule has 0 bridgehead atoms. The number of primary sulfonamides is 1. The maximum atomic E-state index is 14.5. The van der Waals surface area contributed by atoms with Gasteiger partial charge in [0.2, 0.25) is 10.0 Å². The lowest BCUT2D eigenvalue weighted by molar-refractivity contribution is -0.0147. The number of halogens is 1. The minimum atomic E-state index is -3.83. The summed E-state index contributed by atoms with van der Waals surface area (Å²) in [5.41, 5.74) is 0.611. The number of rotatable bonds is 6. The van der Waals surface area contributed by atoms with E-state index >= 15 is 0 Å². The third-order valence-electron chi connectivity index (χ3n) is 6.24. The van der Waals surface area contributed by atoms with E-state index < -0.39 is 21.7 Å². The van der Waals surface area contributed by atoms with Crippen LogP contribution >= 0.6 is 0 Å². The molecule has 2 aromatic carbocycles. The second-order valence-electron chi connectivity index (χ2n) is 10.3. The number of nitrogens with zero attached hydrogens (tertiary/aromatic N) is 2. The summed E-state index contributed by atoms with van der Waals surface area (Å²) < 4.78 is 49.6. The van der Waals surface area contributed by atoms with Crippen molar-refractivity contribution in [3.8, 4) is 5.75 Å². The normalized spacial score (nSPS) is 19.0. The van der Waals surface area contributed by atoms with Crippen LogP contribution < -0.4 is 9.88 Å². The number of hydrogen-bond acceptors (Lipinski definition) is 6. The number of nitrogens with two attached hydrogens (primary N) is 1. The topological polar surface area (TPSA) is 102 Å². The van der Waals surface area contributed by atoms with Gasteiger partial charge in [0.15, 0.2) is 0 Å². The van der Waals surface area contributed by atoms with E-state index in [4.69, 9.17) is 14.6 Å². The van der Waals surface area contributed by atoms with Gasteiger partial charge in [-0.1, -0.05) is 12.1 Å². The number of sulfonamides is 1. The first-order chi connectivity index (χ1) is 16.7. The molecule has 0 spiro atoms. The highest BCUT2D eigenvalue weighted by Crippen LogP contribution is 2.31. The van der Waals surface area contributed by atoms with Gasteiger partial charge in [0.05, 0.1) is 4.90 Å². The fourth-order valence-corrected chi connectivity index (χ4v) is 4.74. The second-order valence-corrected chi connectivity index (χ2v) is 11.9. The van der Waals surface area contributed by atoms with Crippen molar-refractivity contribution >= 4 is 16.1 Å². The summed E-state index contributed by atoms with van der Waals surface area (Å²) in [5, 5.41) is 5.20. The summed E-state index contributed by atoms with van der Waals surface area (Å²) >= 11 is 0. The first-order valence-corrected chi connectivity index (χ1v) is 13.5. The standard InChI is InChI=1S/C26H36FN3O5S/c1-17-7-8-20(15-23(17)27)24(34-21-9-11-22(12-10-21)36(28,32)33)19(3)29-13-14-30(18(2)16-29)25(31)35-26(4,5)6/h7-12,15,18-19,24H,13-14,16H2,1-6H3,(H2,28,32,33)/t18-,19?,24?/m1/s1. The van der Waals surface area contributed by atoms with Crippen molar-refractivity contribution in [3.63, 3.8) is 0 Å². The number of piperazine rings is 1. The molecule has 1 aliphatic rings. The highest BCUT2D eigenvalue weighted by atomic mass is 32.2. The van der Waals surface area contributed by atoms with Crippen LogP contribution in [0.4, 0.5) is 9.18 Å². The Morgan fingerprint density at radius 2 is 1.78 bits per heavy atom. The lowest BCUT2D eigenvalue weighted by Gasteiger charge is -2.44. The summed E-state index contributed by atoms with van der Waals surface area (Å²) in [6, 6.07) is 10.6. The molecular formula is C26H36FN3O5S. The van der Waals surface area contributed by atoms with Gasteiger partial charge in [0, 0.05) is 31.7 Å². The van der Waals surface area contributed by atoms with Crippen LogP contribution in [0.2, 0.25) is 0 Å². The van der Waals surface area contributed by atoms with Crippen LogP contribution in [-0.2, 0) is 14.8 Å². The zero-order chi connectivity index (χ0) is 26.8. The first-order valence-electron chi connectivity index (χ1n) is 11.9. The van der Waals surface area contributed by atoms with Crippen LogP contribution in [0, 0.1) is 12.7 Å². The molecule has 0 radical (unpaired) electrons. The fraction of sp³-hybridized carbons (Fsp3) is 0.500. The maximum Gasteiger partial charge on any atom is 0.410 e. The van der Waals surface area contributed by atoms with Gasteiger partial charge in [-0.3, -0.25) is 4.90 Å². The fourth-order valence-electron chi connectivity index (χ4n) is 4.22. The van der Waals surface area contributed by atoms with Crippen LogP contribution in [0.3, 0.4) is 0 Å². The van der Waals surface area contributed by atoms with Gasteiger partial charge < -0.3 is 14.4 Å². The Hall–Kier alpha value is -2.69. The predicted octanol–water partition coefficient (Wildman–Crippen LogP) is 4.23. The van der Waals surface area contributed by atoms with E-state index in [1.807, 2.05) is 40.7 Å². The molecule has 2 aromatic rings. The van der Waals surface area contributed by atoms with Crippen LogP contribution in [-0.4, -0.2) is 61.6 Å². The Kier molecular flexibility index (Phi) is 8.32. The molecule has 0 saturated carbocycles. The van der Waals surface area contributed by atoms with E-state index in [0.29, 0.717) is 36.5 Å². The molecule has 8 nitrogen and oxygen atoms in total. The molecule has 1 fully saturated rings. The third-order valence-corrected chi connectivity index (χ3v) is 7.17. The zero-order valence-corrected chi connectivity index (χ0v) is 22.5. The Balaban J connectivity index is 1.83. The number of ether oxygens (including phenoxy) is 2. The van der Waals surface area contributed by atoms with Gasteiger partial charge in [-0.25, -0.2) is 22.7 Å². The van der Waals surface area contributed by atoms with E-state index in [9.17, 15) is 17.6 Å². The second kappa shape index (κ2) is 10.7. The average Bonchev–Trinajstić information content (AvgIpc) is 2.77. The molecule has 2 unspecified atom stereocenters. The third kappa shape index (κ3) is 6.96. The minimum absolute atomic E-state index is 0.0204. The highest BCUT2D eigenvalue weighted by molar-refractivity contribution is 7.89. The smallest absolute Gasteiger partial charge is 0.410 e. The molecule has 36 heavy (non-hydrogen) atoms. The zero-order valence-electron chi connectivity index (χ0n) is 21.7. The highest BCUT2D eigenvalue weighted by Gasteiger charge is 2.35. The molecule has 1 aliphatic heterocycles. The van der Waals surface area contributed by atoms with Gasteiger partial charge in [-0.05, 0) is 83.0 Å². The number of hydrogen-bond donors (Lipinski definition) is 1. The van der Waals surface area contributed by atoms with Crippen molar-refractivity contribution in [3.05, 3.63) is 59.4 Å². The summed E-state index contributed by atoms with van der Waals surface area (Å²) in [4.78, 5) is 16.5. The van der Waals surface area contributed by atoms with E-state index in [0.717, 1.165) is 0 Å². The molecular weight excluding hydrogens is 485 g/mol. The van der Waals surface area contributed by atoms with Crippen LogP contribution in [0.5, 0.6) is 5.75 Å². The van der Waals surface area contributed by atoms with Crippen molar-refractivity contribution in [1.82, 2.24) is 9.80 Å². The average molecular weight is 522 g/mol. The number of amides is 1. The predicted molar refractivity (Wildman–Crippen MR) is 136 cm³/mol. The van der Waals surface area contributed by atoms with Gasteiger partial charge in [-0.2, -0.15) is 0 Å². The van der Waals surface area contributed by atoms with Gasteiger partial charge in [0.1, 0.15) is 23.3 Å². The maximum absolute atomic E-state index is 14.5. The number of benzene rings is 2. The lowest BCUT2D eigenvalue weighted by atomic mass is 9.99. The summed E-state index contributed by atoms with van der Waals surface area (Å²) in [6.45, 7) is 12.8. The molecule has 3 rings (SSSR count). The molecule has 10 heteroatoms. The van der Waals surface area contributed by atoms with Crippen molar-refractivity contribution in [2.45, 2.75) is 70.2 Å². The number of carbonyl (C=O) groups is 1. The molecule has 3 atom stereocenters. The molecule has 1 heterocycles. The first kappa shape index (κ1) is 27.9. The van der Waals surface area contributed by atoms with Crippen LogP contribution in [0.15, 0.2) is 47.4 Å². The Bertz CT molecular complexity index is 1180. The Morgan fingerprint density at radius 3 is 2.31 bits per heavy atom. The van der Waals surface area contributed by atoms with Crippen LogP contribution in [0.25, 0.3) is 0 Å². The Morgan fingerprint density at radius 1 is 1.14 bits per heavy atom. The van der Waals surface area contributed by atoms with Crippen molar-refractivity contribution in [2.75, 3.05) is 19.6 Å². The molecule has 198 valence electrons. The number of carbonyl (C=O) groups excluding carboxylic acids is 1. The lowest BCUT2D eigenvalue weighted by Crippen LogP contribution is -2.57. The summed E-state index contributed by atoms with van der Waals surface area (Å²) in [7, 11) is -3.83. The SMILES string of the molecule is Cc1ccc(C(Oc2ccc(S(N)(=O)=O)cc2)C(C)N2CCN(C(=O)OC(C)(C)C)[C@H](C)C2)cc1F. The van der Waals surface area contributed by atoms with E-state index in [-0.39, 0.29) is 28.9 Å². The van der Waals surface area contributed by atoms with Crippen molar-refractivity contribution in [2.24, 2.45) is 5.14 Å². The Labute approximate surface area is 213 Å². The number of aryl methyl sites for hydroxylation is 1. The van der Waals surface area contributed by atoms with Gasteiger partial charge >= 0.3 is 6.09 Å².